The molecule has 0 spiro atoms. The van der Waals surface area contributed by atoms with Gasteiger partial charge in [0, 0.05) is 6.20 Å². The Labute approximate surface area is 129 Å². The van der Waals surface area contributed by atoms with Crippen LogP contribution in [0.25, 0.3) is 10.8 Å². The van der Waals surface area contributed by atoms with Crippen molar-refractivity contribution in [1.82, 2.24) is 9.97 Å². The van der Waals surface area contributed by atoms with E-state index in [1.807, 2.05) is 36.4 Å². The van der Waals surface area contributed by atoms with E-state index in [1.54, 1.807) is 6.07 Å². The number of halogens is 1. The number of rotatable bonds is 3. The molecule has 0 radical (unpaired) electrons. The fourth-order valence-electron chi connectivity index (χ4n) is 1.93. The smallest absolute Gasteiger partial charge is 0.322 e. The van der Waals surface area contributed by atoms with Gasteiger partial charge >= 0.3 is 6.01 Å². The molecule has 6 heteroatoms. The van der Waals surface area contributed by atoms with Crippen LogP contribution < -0.4 is 10.5 Å². The number of fused-ring (bicyclic) bond motifs is 1. The summed E-state index contributed by atoms with van der Waals surface area (Å²) in [5.74, 6) is 0.481. The Balaban J connectivity index is 2.00. The number of benzene rings is 2. The zero-order valence-corrected chi connectivity index (χ0v) is 12.5. The SMILES string of the molecule is N=C(N)c1ccnc(Oc2ccc3ccccc3c2Br)n1. The van der Waals surface area contributed by atoms with E-state index in [2.05, 4.69) is 25.9 Å². The minimum atomic E-state index is -0.125. The molecule has 104 valence electrons. The lowest BCUT2D eigenvalue weighted by molar-refractivity contribution is 0.439. The summed E-state index contributed by atoms with van der Waals surface area (Å²) in [7, 11) is 0. The average Bonchev–Trinajstić information content (AvgIpc) is 2.51. The second-order valence-electron chi connectivity index (χ2n) is 4.34. The molecule has 0 aliphatic heterocycles. The monoisotopic (exact) mass is 342 g/mol. The van der Waals surface area contributed by atoms with E-state index in [9.17, 15) is 0 Å². The molecular formula is C15H11BrN4O. The number of nitrogens with zero attached hydrogens (tertiary/aromatic N) is 2. The lowest BCUT2D eigenvalue weighted by atomic mass is 10.1. The number of nitrogens with one attached hydrogen (secondary N) is 1. The molecule has 1 aromatic heterocycles. The summed E-state index contributed by atoms with van der Waals surface area (Å²) in [4.78, 5) is 8.12. The van der Waals surface area contributed by atoms with Gasteiger partial charge in [0.2, 0.25) is 0 Å². The third kappa shape index (κ3) is 2.71. The lowest BCUT2D eigenvalue weighted by Crippen LogP contribution is -2.13. The van der Waals surface area contributed by atoms with Crippen molar-refractivity contribution in [3.63, 3.8) is 0 Å². The number of nitrogens with two attached hydrogens (primary N) is 1. The van der Waals surface area contributed by atoms with Crippen molar-refractivity contribution in [2.45, 2.75) is 0 Å². The van der Waals surface area contributed by atoms with Gasteiger partial charge in [0.25, 0.3) is 0 Å². The lowest BCUT2D eigenvalue weighted by Gasteiger charge is -2.09. The van der Waals surface area contributed by atoms with Crippen LogP contribution in [-0.2, 0) is 0 Å². The van der Waals surface area contributed by atoms with E-state index in [0.717, 1.165) is 15.2 Å². The quantitative estimate of drug-likeness (QED) is 0.563. The first kappa shape index (κ1) is 13.5. The molecule has 21 heavy (non-hydrogen) atoms. The third-order valence-electron chi connectivity index (χ3n) is 2.94. The average molecular weight is 343 g/mol. The Hall–Kier alpha value is -2.47. The molecular weight excluding hydrogens is 332 g/mol. The number of amidine groups is 1. The van der Waals surface area contributed by atoms with Gasteiger partial charge in [-0.25, -0.2) is 4.98 Å². The molecule has 5 nitrogen and oxygen atoms in total. The summed E-state index contributed by atoms with van der Waals surface area (Å²) in [5, 5.41) is 9.53. The van der Waals surface area contributed by atoms with Crippen molar-refractivity contribution in [1.29, 1.82) is 5.41 Å². The van der Waals surface area contributed by atoms with Crippen LogP contribution in [0.15, 0.2) is 53.1 Å². The summed E-state index contributed by atoms with van der Waals surface area (Å²) in [6.07, 6.45) is 1.51. The van der Waals surface area contributed by atoms with Crippen molar-refractivity contribution in [2.75, 3.05) is 0 Å². The Bertz CT molecular complexity index is 835. The molecule has 2 aromatic carbocycles. The van der Waals surface area contributed by atoms with Crippen LogP contribution in [0.4, 0.5) is 0 Å². The standard InChI is InChI=1S/C15H11BrN4O/c16-13-10-4-2-1-3-9(10)5-6-12(13)21-15-19-8-7-11(20-15)14(17)18/h1-8H,(H3,17,18). The first-order valence-electron chi connectivity index (χ1n) is 6.17. The molecule has 0 fully saturated rings. The Kier molecular flexibility index (Phi) is 3.53. The van der Waals surface area contributed by atoms with E-state index in [4.69, 9.17) is 15.9 Å². The highest BCUT2D eigenvalue weighted by molar-refractivity contribution is 9.10. The molecule has 0 atom stereocenters. The van der Waals surface area contributed by atoms with Gasteiger partial charge in [-0.05, 0) is 38.8 Å². The molecule has 0 unspecified atom stereocenters. The summed E-state index contributed by atoms with van der Waals surface area (Å²) in [6, 6.07) is 13.5. The molecule has 0 bridgehead atoms. The predicted molar refractivity (Wildman–Crippen MR) is 84.8 cm³/mol. The van der Waals surface area contributed by atoms with Gasteiger partial charge in [-0.15, -0.1) is 0 Å². The largest absolute Gasteiger partial charge is 0.423 e. The molecule has 0 saturated heterocycles. The zero-order chi connectivity index (χ0) is 14.8. The van der Waals surface area contributed by atoms with Gasteiger partial charge in [0.15, 0.2) is 0 Å². The second kappa shape index (κ2) is 5.49. The Morgan fingerprint density at radius 2 is 1.95 bits per heavy atom. The van der Waals surface area contributed by atoms with Crippen LogP contribution >= 0.6 is 15.9 Å². The molecule has 1 heterocycles. The first-order chi connectivity index (χ1) is 10.1. The van der Waals surface area contributed by atoms with E-state index in [-0.39, 0.29) is 11.8 Å². The molecule has 0 saturated carbocycles. The normalized spacial score (nSPS) is 10.5. The van der Waals surface area contributed by atoms with Crippen LogP contribution in [0.1, 0.15) is 5.69 Å². The van der Waals surface area contributed by atoms with Crippen LogP contribution in [-0.4, -0.2) is 15.8 Å². The number of aromatic nitrogens is 2. The zero-order valence-electron chi connectivity index (χ0n) is 10.9. The van der Waals surface area contributed by atoms with Gasteiger partial charge in [-0.1, -0.05) is 30.3 Å². The van der Waals surface area contributed by atoms with E-state index in [1.165, 1.54) is 6.20 Å². The minimum absolute atomic E-state index is 0.125. The topological polar surface area (TPSA) is 84.9 Å². The van der Waals surface area contributed by atoms with Crippen molar-refractivity contribution >= 4 is 32.5 Å². The van der Waals surface area contributed by atoms with Crippen molar-refractivity contribution in [2.24, 2.45) is 5.73 Å². The summed E-state index contributed by atoms with van der Waals surface area (Å²) < 4.78 is 6.52. The maximum absolute atomic E-state index is 7.38. The summed E-state index contributed by atoms with van der Waals surface area (Å²) in [5.41, 5.74) is 5.74. The van der Waals surface area contributed by atoms with Crippen molar-refractivity contribution in [3.05, 3.63) is 58.8 Å². The van der Waals surface area contributed by atoms with Crippen molar-refractivity contribution < 1.29 is 4.74 Å². The second-order valence-corrected chi connectivity index (χ2v) is 5.13. The Morgan fingerprint density at radius 3 is 2.76 bits per heavy atom. The van der Waals surface area contributed by atoms with Gasteiger partial charge < -0.3 is 10.5 Å². The fourth-order valence-corrected chi connectivity index (χ4v) is 2.50. The maximum Gasteiger partial charge on any atom is 0.322 e. The highest BCUT2D eigenvalue weighted by Gasteiger charge is 2.09. The number of hydrogen-bond acceptors (Lipinski definition) is 4. The van der Waals surface area contributed by atoms with Crippen LogP contribution in [0, 0.1) is 5.41 Å². The first-order valence-corrected chi connectivity index (χ1v) is 6.97. The number of hydrogen-bond donors (Lipinski definition) is 2. The van der Waals surface area contributed by atoms with E-state index in [0.29, 0.717) is 11.4 Å². The van der Waals surface area contributed by atoms with Gasteiger partial charge in [-0.3, -0.25) is 5.41 Å². The molecule has 0 aliphatic rings. The van der Waals surface area contributed by atoms with Crippen LogP contribution in [0.5, 0.6) is 11.8 Å². The number of nitrogen functional groups attached to an aromatic ring is 1. The molecule has 0 amide bonds. The predicted octanol–water partition coefficient (Wildman–Crippen LogP) is 3.47. The van der Waals surface area contributed by atoms with Gasteiger partial charge in [0.05, 0.1) is 4.47 Å². The molecule has 0 aliphatic carbocycles. The molecule has 3 rings (SSSR count). The number of ether oxygens (including phenoxy) is 1. The van der Waals surface area contributed by atoms with E-state index >= 15 is 0 Å². The molecule has 3 N–H and O–H groups in total. The maximum atomic E-state index is 7.38. The van der Waals surface area contributed by atoms with Gasteiger partial charge in [0.1, 0.15) is 17.3 Å². The van der Waals surface area contributed by atoms with Gasteiger partial charge in [-0.2, -0.15) is 4.98 Å². The molecule has 3 aromatic rings. The summed E-state index contributed by atoms with van der Waals surface area (Å²) >= 11 is 3.54. The van der Waals surface area contributed by atoms with Crippen LogP contribution in [0.3, 0.4) is 0 Å². The van der Waals surface area contributed by atoms with E-state index < -0.39 is 0 Å². The summed E-state index contributed by atoms with van der Waals surface area (Å²) in [6.45, 7) is 0. The highest BCUT2D eigenvalue weighted by atomic mass is 79.9. The third-order valence-corrected chi connectivity index (χ3v) is 3.76. The Morgan fingerprint density at radius 1 is 1.14 bits per heavy atom. The minimum Gasteiger partial charge on any atom is -0.423 e. The fraction of sp³-hybridized carbons (Fsp3) is 0. The van der Waals surface area contributed by atoms with Crippen molar-refractivity contribution in [3.8, 4) is 11.8 Å². The van der Waals surface area contributed by atoms with Crippen LogP contribution in [0.2, 0.25) is 0 Å². The highest BCUT2D eigenvalue weighted by Crippen LogP contribution is 2.34.